The minimum absolute atomic E-state index is 0.00787. The molecule has 78 valence electrons. The minimum Gasteiger partial charge on any atom is -0.365 e. The van der Waals surface area contributed by atoms with Crippen molar-refractivity contribution in [3.8, 4) is 0 Å². The maximum Gasteiger partial charge on any atom is 0.207 e. The smallest absolute Gasteiger partial charge is 0.207 e. The molecule has 0 aromatic heterocycles. The standard InChI is InChI=1S/C11H12N2O2/c1-7-10(13-4-5-13)9(14)6-8(11(7)15)12-2-3-12/h6H,2-5H2,1H3. The Balaban J connectivity index is 1.98. The van der Waals surface area contributed by atoms with Crippen molar-refractivity contribution < 1.29 is 9.59 Å². The number of hydrogen-bond donors (Lipinski definition) is 0. The summed E-state index contributed by atoms with van der Waals surface area (Å²) in [5.41, 5.74) is 1.82. The zero-order valence-electron chi connectivity index (χ0n) is 8.62. The Labute approximate surface area is 87.8 Å². The first kappa shape index (κ1) is 8.71. The molecule has 15 heavy (non-hydrogen) atoms. The fraction of sp³-hybridized carbons (Fsp3) is 0.455. The van der Waals surface area contributed by atoms with E-state index in [1.165, 1.54) is 6.08 Å². The van der Waals surface area contributed by atoms with Crippen LogP contribution in [0.2, 0.25) is 0 Å². The SMILES string of the molecule is CC1=C(N2CC2)C(=O)C=C(N2CC2)C1=O. The van der Waals surface area contributed by atoms with Crippen LogP contribution in [0, 0.1) is 0 Å². The average Bonchev–Trinajstić information content (AvgIpc) is 2.99. The number of Topliss-reactive ketones (excluding diaryl/α,β-unsaturated/α-hetero) is 1. The monoisotopic (exact) mass is 204 g/mol. The third kappa shape index (κ3) is 1.28. The molecule has 0 unspecified atom stereocenters. The molecule has 2 heterocycles. The van der Waals surface area contributed by atoms with Crippen LogP contribution in [0.1, 0.15) is 6.92 Å². The van der Waals surface area contributed by atoms with Crippen molar-refractivity contribution in [3.63, 3.8) is 0 Å². The van der Waals surface area contributed by atoms with Crippen molar-refractivity contribution in [1.29, 1.82) is 0 Å². The molecule has 4 heteroatoms. The molecule has 0 saturated carbocycles. The Morgan fingerprint density at radius 2 is 1.67 bits per heavy atom. The van der Waals surface area contributed by atoms with Crippen LogP contribution < -0.4 is 0 Å². The summed E-state index contributed by atoms with van der Waals surface area (Å²) in [6.45, 7) is 5.36. The van der Waals surface area contributed by atoms with Crippen LogP contribution in [0.15, 0.2) is 23.0 Å². The summed E-state index contributed by atoms with van der Waals surface area (Å²) in [6.07, 6.45) is 1.50. The van der Waals surface area contributed by atoms with Gasteiger partial charge < -0.3 is 9.80 Å². The second kappa shape index (κ2) is 2.72. The van der Waals surface area contributed by atoms with Gasteiger partial charge in [-0.2, -0.15) is 0 Å². The van der Waals surface area contributed by atoms with Crippen LogP contribution in [0.4, 0.5) is 0 Å². The summed E-state index contributed by atoms with van der Waals surface area (Å²) >= 11 is 0. The lowest BCUT2D eigenvalue weighted by Crippen LogP contribution is -2.25. The van der Waals surface area contributed by atoms with Crippen LogP contribution in [-0.4, -0.2) is 47.5 Å². The van der Waals surface area contributed by atoms with E-state index >= 15 is 0 Å². The van der Waals surface area contributed by atoms with Gasteiger partial charge in [0.15, 0.2) is 0 Å². The highest BCUT2D eigenvalue weighted by Gasteiger charge is 2.37. The molecule has 4 nitrogen and oxygen atoms in total. The molecule has 2 aliphatic heterocycles. The molecular weight excluding hydrogens is 192 g/mol. The van der Waals surface area contributed by atoms with E-state index in [0.29, 0.717) is 17.0 Å². The van der Waals surface area contributed by atoms with E-state index < -0.39 is 0 Å². The van der Waals surface area contributed by atoms with Crippen LogP contribution in [0.3, 0.4) is 0 Å². The van der Waals surface area contributed by atoms with Gasteiger partial charge in [-0.15, -0.1) is 0 Å². The van der Waals surface area contributed by atoms with Gasteiger partial charge in [0, 0.05) is 37.8 Å². The zero-order valence-corrected chi connectivity index (χ0v) is 8.62. The van der Waals surface area contributed by atoms with Gasteiger partial charge in [-0.25, -0.2) is 0 Å². The van der Waals surface area contributed by atoms with Gasteiger partial charge in [0.1, 0.15) is 0 Å². The number of rotatable bonds is 2. The first-order chi connectivity index (χ1) is 7.18. The molecule has 2 fully saturated rings. The lowest BCUT2D eigenvalue weighted by Gasteiger charge is -2.18. The van der Waals surface area contributed by atoms with E-state index in [4.69, 9.17) is 0 Å². The fourth-order valence-corrected chi connectivity index (χ4v) is 1.93. The summed E-state index contributed by atoms with van der Waals surface area (Å²) < 4.78 is 0. The minimum atomic E-state index is -0.00787. The van der Waals surface area contributed by atoms with Gasteiger partial charge in [0.25, 0.3) is 0 Å². The maximum absolute atomic E-state index is 11.9. The first-order valence-electron chi connectivity index (χ1n) is 5.20. The number of hydrogen-bond acceptors (Lipinski definition) is 4. The number of carbonyl (C=O) groups is 2. The van der Waals surface area contributed by atoms with Crippen molar-refractivity contribution in [3.05, 3.63) is 23.0 Å². The van der Waals surface area contributed by atoms with Crippen LogP contribution in [-0.2, 0) is 9.59 Å². The summed E-state index contributed by atoms with van der Waals surface area (Å²) in [4.78, 5) is 27.7. The molecule has 0 aromatic rings. The molecular formula is C11H12N2O2. The second-order valence-electron chi connectivity index (χ2n) is 4.17. The van der Waals surface area contributed by atoms with E-state index in [2.05, 4.69) is 0 Å². The predicted octanol–water partition coefficient (Wildman–Crippen LogP) is -0.0727. The molecule has 0 atom stereocenters. The maximum atomic E-state index is 11.9. The molecule has 0 bridgehead atoms. The largest absolute Gasteiger partial charge is 0.365 e. The van der Waals surface area contributed by atoms with E-state index in [-0.39, 0.29) is 11.6 Å². The Hall–Kier alpha value is -1.58. The van der Waals surface area contributed by atoms with Crippen LogP contribution >= 0.6 is 0 Å². The third-order valence-electron chi connectivity index (χ3n) is 2.98. The molecule has 3 rings (SSSR count). The molecule has 3 aliphatic rings. The Morgan fingerprint density at radius 1 is 1.07 bits per heavy atom. The average molecular weight is 204 g/mol. The summed E-state index contributed by atoms with van der Waals surface area (Å²) in [6, 6.07) is 0. The first-order valence-corrected chi connectivity index (χ1v) is 5.20. The normalized spacial score (nSPS) is 24.7. The lowest BCUT2D eigenvalue weighted by molar-refractivity contribution is -0.117. The van der Waals surface area contributed by atoms with Gasteiger partial charge in [-0.3, -0.25) is 9.59 Å². The van der Waals surface area contributed by atoms with Crippen LogP contribution in [0.25, 0.3) is 0 Å². The highest BCUT2D eigenvalue weighted by Crippen LogP contribution is 2.29. The van der Waals surface area contributed by atoms with E-state index in [9.17, 15) is 9.59 Å². The highest BCUT2D eigenvalue weighted by atomic mass is 16.1. The Kier molecular flexibility index (Phi) is 1.58. The molecule has 0 amide bonds. The van der Waals surface area contributed by atoms with E-state index in [1.807, 2.05) is 9.80 Å². The van der Waals surface area contributed by atoms with Crippen LogP contribution in [0.5, 0.6) is 0 Å². The van der Waals surface area contributed by atoms with Gasteiger partial charge in [0.2, 0.25) is 11.6 Å². The van der Waals surface area contributed by atoms with Gasteiger partial charge >= 0.3 is 0 Å². The molecule has 0 aromatic carbocycles. The Bertz CT molecular complexity index is 426. The number of carbonyl (C=O) groups excluding carboxylic acids is 2. The molecule has 2 saturated heterocycles. The van der Waals surface area contributed by atoms with Crippen molar-refractivity contribution >= 4 is 11.6 Å². The molecule has 1 aliphatic carbocycles. The molecule has 0 spiro atoms. The van der Waals surface area contributed by atoms with Crippen molar-refractivity contribution in [2.75, 3.05) is 26.2 Å². The number of allylic oxidation sites excluding steroid dienone is 2. The third-order valence-corrected chi connectivity index (χ3v) is 2.98. The highest BCUT2D eigenvalue weighted by molar-refractivity contribution is 6.22. The van der Waals surface area contributed by atoms with E-state index in [1.54, 1.807) is 6.92 Å². The van der Waals surface area contributed by atoms with Gasteiger partial charge in [-0.1, -0.05) is 0 Å². The predicted molar refractivity (Wildman–Crippen MR) is 53.9 cm³/mol. The number of ketones is 2. The van der Waals surface area contributed by atoms with Crippen molar-refractivity contribution in [2.24, 2.45) is 0 Å². The Morgan fingerprint density at radius 3 is 2.20 bits per heavy atom. The van der Waals surface area contributed by atoms with Crippen molar-refractivity contribution in [1.82, 2.24) is 9.80 Å². The topological polar surface area (TPSA) is 40.2 Å². The summed E-state index contributed by atoms with van der Waals surface area (Å²) in [5.74, 6) is 0.0144. The molecule has 0 radical (unpaired) electrons. The fourth-order valence-electron chi connectivity index (χ4n) is 1.93. The van der Waals surface area contributed by atoms with Gasteiger partial charge in [-0.05, 0) is 6.92 Å². The molecule has 0 N–H and O–H groups in total. The van der Waals surface area contributed by atoms with Gasteiger partial charge in [0.05, 0.1) is 11.4 Å². The lowest BCUT2D eigenvalue weighted by atomic mass is 9.98. The quantitative estimate of drug-likeness (QED) is 0.466. The zero-order chi connectivity index (χ0) is 10.6. The van der Waals surface area contributed by atoms with E-state index in [0.717, 1.165) is 26.2 Å². The second-order valence-corrected chi connectivity index (χ2v) is 4.17. The number of nitrogens with zero attached hydrogens (tertiary/aromatic N) is 2. The van der Waals surface area contributed by atoms with Crippen molar-refractivity contribution in [2.45, 2.75) is 6.92 Å². The summed E-state index contributed by atoms with van der Waals surface area (Å²) in [5, 5.41) is 0. The summed E-state index contributed by atoms with van der Waals surface area (Å²) in [7, 11) is 0.